The quantitative estimate of drug-likeness (QED) is 0.781. The summed E-state index contributed by atoms with van der Waals surface area (Å²) in [5.74, 6) is 1.36. The number of nitrogens with zero attached hydrogens (tertiary/aromatic N) is 2. The summed E-state index contributed by atoms with van der Waals surface area (Å²) in [6.07, 6.45) is 2.49. The second-order valence-electron chi connectivity index (χ2n) is 6.55. The Bertz CT molecular complexity index is 628. The number of ether oxygens (including phenoxy) is 2. The molecule has 1 aromatic rings. The molecular weight excluding hydrogens is 332 g/mol. The van der Waals surface area contributed by atoms with Crippen molar-refractivity contribution in [3.05, 3.63) is 23.8 Å². The van der Waals surface area contributed by atoms with E-state index in [4.69, 9.17) is 9.47 Å². The van der Waals surface area contributed by atoms with Crippen molar-refractivity contribution in [2.45, 2.75) is 33.1 Å². The highest BCUT2D eigenvalue weighted by molar-refractivity contribution is 5.97. The van der Waals surface area contributed by atoms with Gasteiger partial charge >= 0.3 is 0 Å². The van der Waals surface area contributed by atoms with E-state index in [9.17, 15) is 9.59 Å². The highest BCUT2D eigenvalue weighted by Gasteiger charge is 2.27. The SMILES string of the molecule is CCC(CC)C(=O)N1CCCN(C(=O)c2cc(OC)ccc2OC)CC1. The predicted molar refractivity (Wildman–Crippen MR) is 101 cm³/mol. The van der Waals surface area contributed by atoms with E-state index in [2.05, 4.69) is 13.8 Å². The monoisotopic (exact) mass is 362 g/mol. The lowest BCUT2D eigenvalue weighted by atomic mass is 10.0. The van der Waals surface area contributed by atoms with E-state index in [1.54, 1.807) is 37.3 Å². The van der Waals surface area contributed by atoms with Gasteiger partial charge in [-0.25, -0.2) is 0 Å². The van der Waals surface area contributed by atoms with Gasteiger partial charge in [-0.3, -0.25) is 9.59 Å². The smallest absolute Gasteiger partial charge is 0.257 e. The fourth-order valence-corrected chi connectivity index (χ4v) is 3.39. The van der Waals surface area contributed by atoms with Crippen molar-refractivity contribution in [2.24, 2.45) is 5.92 Å². The minimum absolute atomic E-state index is 0.0794. The molecular formula is C20H30N2O4. The molecule has 6 nitrogen and oxygen atoms in total. The first-order valence-electron chi connectivity index (χ1n) is 9.35. The zero-order valence-corrected chi connectivity index (χ0v) is 16.3. The molecule has 1 saturated heterocycles. The Kier molecular flexibility index (Phi) is 7.30. The Morgan fingerprint density at radius 2 is 1.65 bits per heavy atom. The molecule has 144 valence electrons. The molecule has 0 radical (unpaired) electrons. The van der Waals surface area contributed by atoms with Crippen LogP contribution in [0.3, 0.4) is 0 Å². The van der Waals surface area contributed by atoms with Gasteiger partial charge in [0.15, 0.2) is 0 Å². The van der Waals surface area contributed by atoms with Gasteiger partial charge in [-0.1, -0.05) is 13.8 Å². The Hall–Kier alpha value is -2.24. The molecule has 1 heterocycles. The topological polar surface area (TPSA) is 59.1 Å². The summed E-state index contributed by atoms with van der Waals surface area (Å²) in [7, 11) is 3.13. The normalized spacial score (nSPS) is 15.0. The van der Waals surface area contributed by atoms with Crippen LogP contribution in [0.5, 0.6) is 11.5 Å². The Morgan fingerprint density at radius 1 is 1.00 bits per heavy atom. The van der Waals surface area contributed by atoms with Crippen LogP contribution in [0.4, 0.5) is 0 Å². The third-order valence-corrected chi connectivity index (χ3v) is 5.07. The van der Waals surface area contributed by atoms with Crippen LogP contribution in [0, 0.1) is 5.92 Å². The zero-order valence-electron chi connectivity index (χ0n) is 16.3. The number of hydrogen-bond donors (Lipinski definition) is 0. The molecule has 26 heavy (non-hydrogen) atoms. The van der Waals surface area contributed by atoms with Crippen LogP contribution < -0.4 is 9.47 Å². The predicted octanol–water partition coefficient (Wildman–Crippen LogP) is 2.81. The lowest BCUT2D eigenvalue weighted by Crippen LogP contribution is -2.39. The standard InChI is InChI=1S/C20H30N2O4/c1-5-15(6-2)19(23)21-10-7-11-22(13-12-21)20(24)17-14-16(25-3)8-9-18(17)26-4/h8-9,14-15H,5-7,10-13H2,1-4H3. The first-order valence-corrected chi connectivity index (χ1v) is 9.35. The number of hydrogen-bond acceptors (Lipinski definition) is 4. The van der Waals surface area contributed by atoms with Crippen LogP contribution in [0.2, 0.25) is 0 Å². The minimum atomic E-state index is -0.0856. The molecule has 0 spiro atoms. The third-order valence-electron chi connectivity index (χ3n) is 5.07. The second-order valence-corrected chi connectivity index (χ2v) is 6.55. The molecule has 1 aliphatic heterocycles. The van der Waals surface area contributed by atoms with E-state index in [0.29, 0.717) is 43.2 Å². The molecule has 1 aromatic carbocycles. The van der Waals surface area contributed by atoms with E-state index >= 15 is 0 Å². The number of amides is 2. The van der Waals surface area contributed by atoms with Gasteiger partial charge < -0.3 is 19.3 Å². The lowest BCUT2D eigenvalue weighted by Gasteiger charge is -2.25. The lowest BCUT2D eigenvalue weighted by molar-refractivity contribution is -0.135. The van der Waals surface area contributed by atoms with E-state index < -0.39 is 0 Å². The molecule has 0 aliphatic carbocycles. The summed E-state index contributed by atoms with van der Waals surface area (Å²) >= 11 is 0. The fraction of sp³-hybridized carbons (Fsp3) is 0.600. The van der Waals surface area contributed by atoms with E-state index in [1.807, 2.05) is 4.90 Å². The molecule has 2 amide bonds. The first kappa shape index (κ1) is 20.1. The van der Waals surface area contributed by atoms with Gasteiger partial charge in [-0.2, -0.15) is 0 Å². The number of carbonyl (C=O) groups is 2. The number of benzene rings is 1. The summed E-state index contributed by atoms with van der Waals surface area (Å²) in [5.41, 5.74) is 0.492. The molecule has 1 fully saturated rings. The molecule has 6 heteroatoms. The van der Waals surface area contributed by atoms with Crippen LogP contribution in [0.15, 0.2) is 18.2 Å². The first-order chi connectivity index (χ1) is 12.5. The summed E-state index contributed by atoms with van der Waals surface area (Å²) in [6.45, 7) is 6.54. The van der Waals surface area contributed by atoms with Crippen molar-refractivity contribution in [3.8, 4) is 11.5 Å². The maximum absolute atomic E-state index is 13.0. The van der Waals surface area contributed by atoms with Crippen molar-refractivity contribution in [2.75, 3.05) is 40.4 Å². The number of carbonyl (C=O) groups excluding carboxylic acids is 2. The van der Waals surface area contributed by atoms with Gasteiger partial charge in [-0.15, -0.1) is 0 Å². The summed E-state index contributed by atoms with van der Waals surface area (Å²) in [6, 6.07) is 5.22. The maximum atomic E-state index is 13.0. The molecule has 0 atom stereocenters. The fourth-order valence-electron chi connectivity index (χ4n) is 3.39. The van der Waals surface area contributed by atoms with Crippen LogP contribution in [0.1, 0.15) is 43.5 Å². The van der Waals surface area contributed by atoms with Crippen LogP contribution >= 0.6 is 0 Å². The van der Waals surface area contributed by atoms with Gasteiger partial charge in [0.25, 0.3) is 5.91 Å². The molecule has 0 bridgehead atoms. The maximum Gasteiger partial charge on any atom is 0.257 e. The van der Waals surface area contributed by atoms with Gasteiger partial charge in [-0.05, 0) is 37.5 Å². The molecule has 0 unspecified atom stereocenters. The Morgan fingerprint density at radius 3 is 2.27 bits per heavy atom. The van der Waals surface area contributed by atoms with Crippen molar-refractivity contribution in [1.82, 2.24) is 9.80 Å². The highest BCUT2D eigenvalue weighted by atomic mass is 16.5. The molecule has 0 saturated carbocycles. The largest absolute Gasteiger partial charge is 0.497 e. The van der Waals surface area contributed by atoms with Crippen molar-refractivity contribution in [3.63, 3.8) is 0 Å². The van der Waals surface area contributed by atoms with Gasteiger partial charge in [0.1, 0.15) is 11.5 Å². The van der Waals surface area contributed by atoms with Crippen molar-refractivity contribution in [1.29, 1.82) is 0 Å². The van der Waals surface area contributed by atoms with Gasteiger partial charge in [0, 0.05) is 32.1 Å². The zero-order chi connectivity index (χ0) is 19.1. The van der Waals surface area contributed by atoms with Crippen molar-refractivity contribution >= 4 is 11.8 Å². The Labute approximate surface area is 156 Å². The molecule has 1 aliphatic rings. The number of methoxy groups -OCH3 is 2. The van der Waals surface area contributed by atoms with Crippen LogP contribution in [0.25, 0.3) is 0 Å². The highest BCUT2D eigenvalue weighted by Crippen LogP contribution is 2.26. The molecule has 0 aromatic heterocycles. The van der Waals surface area contributed by atoms with E-state index in [0.717, 1.165) is 19.3 Å². The van der Waals surface area contributed by atoms with E-state index in [-0.39, 0.29) is 17.7 Å². The number of rotatable bonds is 6. The van der Waals surface area contributed by atoms with Crippen molar-refractivity contribution < 1.29 is 19.1 Å². The van der Waals surface area contributed by atoms with Crippen LogP contribution in [-0.2, 0) is 4.79 Å². The summed E-state index contributed by atoms with van der Waals surface area (Å²) in [4.78, 5) is 29.4. The second kappa shape index (κ2) is 9.46. The summed E-state index contributed by atoms with van der Waals surface area (Å²) < 4.78 is 10.6. The average Bonchev–Trinajstić information content (AvgIpc) is 2.94. The molecule has 2 rings (SSSR count). The van der Waals surface area contributed by atoms with E-state index in [1.165, 1.54) is 0 Å². The third kappa shape index (κ3) is 4.48. The van der Waals surface area contributed by atoms with Gasteiger partial charge in [0.2, 0.25) is 5.91 Å². The summed E-state index contributed by atoms with van der Waals surface area (Å²) in [5, 5.41) is 0. The minimum Gasteiger partial charge on any atom is -0.497 e. The average molecular weight is 362 g/mol. The van der Waals surface area contributed by atoms with Crippen LogP contribution in [-0.4, -0.2) is 62.0 Å². The Balaban J connectivity index is 2.11. The molecule has 0 N–H and O–H groups in total. The van der Waals surface area contributed by atoms with Gasteiger partial charge in [0.05, 0.1) is 19.8 Å².